The van der Waals surface area contributed by atoms with E-state index in [0.29, 0.717) is 13.2 Å². The van der Waals surface area contributed by atoms with Gasteiger partial charge in [-0.15, -0.1) is 0 Å². The van der Waals surface area contributed by atoms with Gasteiger partial charge in [0.25, 0.3) is 0 Å². The maximum atomic E-state index is 12.2. The maximum Gasteiger partial charge on any atom is 0.387 e. The van der Waals surface area contributed by atoms with Crippen LogP contribution in [0.5, 0.6) is 5.75 Å². The van der Waals surface area contributed by atoms with Crippen molar-refractivity contribution in [2.24, 2.45) is 0 Å². The predicted molar refractivity (Wildman–Crippen MR) is 83.3 cm³/mol. The van der Waals surface area contributed by atoms with Crippen LogP contribution in [-0.2, 0) is 11.2 Å². The van der Waals surface area contributed by atoms with Gasteiger partial charge >= 0.3 is 6.61 Å². The number of hydrogen-bond donors (Lipinski definition) is 0. The fourth-order valence-electron chi connectivity index (χ4n) is 2.41. The van der Waals surface area contributed by atoms with Crippen molar-refractivity contribution in [3.63, 3.8) is 0 Å². The minimum atomic E-state index is -2.81. The van der Waals surface area contributed by atoms with E-state index in [1.165, 1.54) is 23.7 Å². The standard InChI is InChI=1S/C15H17F2N3O2S/c1-2-13-18-15(23-19-13)20-7-8-21-12(9-20)10-3-5-11(6-4-10)22-14(16)17/h3-6,12,14H,2,7-9H2,1H3/t12-/m0/s1. The summed E-state index contributed by atoms with van der Waals surface area (Å²) in [5.41, 5.74) is 0.927. The fourth-order valence-corrected chi connectivity index (χ4v) is 3.19. The zero-order valence-corrected chi connectivity index (χ0v) is 13.4. The molecule has 1 aliphatic rings. The molecule has 1 aromatic carbocycles. The Morgan fingerprint density at radius 3 is 2.83 bits per heavy atom. The van der Waals surface area contributed by atoms with Gasteiger partial charge in [-0.05, 0) is 17.7 Å². The molecule has 0 saturated carbocycles. The first-order chi connectivity index (χ1) is 11.2. The highest BCUT2D eigenvalue weighted by molar-refractivity contribution is 7.09. The van der Waals surface area contributed by atoms with Crippen molar-refractivity contribution in [1.82, 2.24) is 9.36 Å². The highest BCUT2D eigenvalue weighted by Gasteiger charge is 2.24. The molecule has 5 nitrogen and oxygen atoms in total. The Hall–Kier alpha value is -1.80. The molecule has 3 rings (SSSR count). The molecule has 1 atom stereocenters. The van der Waals surface area contributed by atoms with Crippen molar-refractivity contribution >= 4 is 16.7 Å². The smallest absolute Gasteiger partial charge is 0.387 e. The van der Waals surface area contributed by atoms with Crippen molar-refractivity contribution in [3.8, 4) is 5.75 Å². The van der Waals surface area contributed by atoms with Gasteiger partial charge in [0.2, 0.25) is 5.13 Å². The average Bonchev–Trinajstić information content (AvgIpc) is 3.04. The monoisotopic (exact) mass is 341 g/mol. The summed E-state index contributed by atoms with van der Waals surface area (Å²) in [6.07, 6.45) is 0.689. The van der Waals surface area contributed by atoms with Gasteiger partial charge in [0, 0.05) is 24.5 Å². The molecule has 23 heavy (non-hydrogen) atoms. The number of halogens is 2. The summed E-state index contributed by atoms with van der Waals surface area (Å²) in [5.74, 6) is 0.995. The lowest BCUT2D eigenvalue weighted by Crippen LogP contribution is -2.38. The molecular weight excluding hydrogens is 324 g/mol. The van der Waals surface area contributed by atoms with E-state index in [1.807, 2.05) is 6.92 Å². The zero-order valence-electron chi connectivity index (χ0n) is 12.6. The van der Waals surface area contributed by atoms with Crippen LogP contribution in [0.1, 0.15) is 24.4 Å². The second-order valence-electron chi connectivity index (χ2n) is 5.10. The number of aromatic nitrogens is 2. The van der Waals surface area contributed by atoms with Crippen molar-refractivity contribution in [3.05, 3.63) is 35.7 Å². The SMILES string of the molecule is CCc1nsc(N2CCO[C@H](c3ccc(OC(F)F)cc3)C2)n1. The lowest BCUT2D eigenvalue weighted by molar-refractivity contribution is -0.0498. The van der Waals surface area contributed by atoms with Crippen LogP contribution in [0.3, 0.4) is 0 Å². The Balaban J connectivity index is 1.68. The summed E-state index contributed by atoms with van der Waals surface area (Å²) in [6, 6.07) is 6.57. The normalized spacial score (nSPS) is 18.4. The Morgan fingerprint density at radius 2 is 2.17 bits per heavy atom. The van der Waals surface area contributed by atoms with Crippen molar-refractivity contribution in [2.75, 3.05) is 24.6 Å². The second-order valence-corrected chi connectivity index (χ2v) is 5.83. The highest BCUT2D eigenvalue weighted by atomic mass is 32.1. The largest absolute Gasteiger partial charge is 0.435 e. The molecule has 0 amide bonds. The van der Waals surface area contributed by atoms with Crippen LogP contribution in [-0.4, -0.2) is 35.7 Å². The number of aryl methyl sites for hydroxylation is 1. The van der Waals surface area contributed by atoms with Gasteiger partial charge in [0.05, 0.1) is 13.2 Å². The van der Waals surface area contributed by atoms with E-state index in [9.17, 15) is 8.78 Å². The quantitative estimate of drug-likeness (QED) is 0.835. The van der Waals surface area contributed by atoms with Gasteiger partial charge in [-0.25, -0.2) is 4.98 Å². The van der Waals surface area contributed by atoms with E-state index < -0.39 is 6.61 Å². The summed E-state index contributed by atoms with van der Waals surface area (Å²) in [7, 11) is 0. The summed E-state index contributed by atoms with van der Waals surface area (Å²) < 4.78 is 38.8. The zero-order chi connectivity index (χ0) is 16.2. The van der Waals surface area contributed by atoms with Gasteiger partial charge in [-0.1, -0.05) is 19.1 Å². The minimum Gasteiger partial charge on any atom is -0.435 e. The summed E-state index contributed by atoms with van der Waals surface area (Å²) in [4.78, 5) is 6.65. The molecule has 2 aromatic rings. The number of rotatable bonds is 5. The molecular formula is C15H17F2N3O2S. The molecule has 0 bridgehead atoms. The summed E-state index contributed by atoms with van der Waals surface area (Å²) >= 11 is 1.39. The molecule has 2 heterocycles. The first kappa shape index (κ1) is 16.1. The fraction of sp³-hybridized carbons (Fsp3) is 0.467. The minimum absolute atomic E-state index is 0.127. The van der Waals surface area contributed by atoms with Gasteiger partial charge in [0.15, 0.2) is 0 Å². The first-order valence-corrected chi connectivity index (χ1v) is 8.17. The second kappa shape index (κ2) is 7.18. The van der Waals surface area contributed by atoms with E-state index in [0.717, 1.165) is 29.5 Å². The molecule has 0 radical (unpaired) electrons. The lowest BCUT2D eigenvalue weighted by Gasteiger charge is -2.32. The van der Waals surface area contributed by atoms with E-state index in [2.05, 4.69) is 19.0 Å². The Bertz CT molecular complexity index is 636. The summed E-state index contributed by atoms with van der Waals surface area (Å²) in [5, 5.41) is 0.896. The molecule has 0 spiro atoms. The van der Waals surface area contributed by atoms with Crippen LogP contribution in [0.2, 0.25) is 0 Å². The van der Waals surface area contributed by atoms with Gasteiger partial charge in [-0.3, -0.25) is 0 Å². The predicted octanol–water partition coefficient (Wildman–Crippen LogP) is 3.28. The molecule has 1 aromatic heterocycles. The number of alkyl halides is 2. The Kier molecular flexibility index (Phi) is 5.02. The number of morpholine rings is 1. The van der Waals surface area contributed by atoms with Crippen LogP contribution in [0.15, 0.2) is 24.3 Å². The van der Waals surface area contributed by atoms with Crippen LogP contribution >= 0.6 is 11.5 Å². The molecule has 124 valence electrons. The van der Waals surface area contributed by atoms with Crippen molar-refractivity contribution in [1.29, 1.82) is 0 Å². The first-order valence-electron chi connectivity index (χ1n) is 7.39. The third-order valence-corrected chi connectivity index (χ3v) is 4.40. The Morgan fingerprint density at radius 1 is 1.39 bits per heavy atom. The number of benzene rings is 1. The topological polar surface area (TPSA) is 47.5 Å². The molecule has 0 aliphatic carbocycles. The van der Waals surface area contributed by atoms with Gasteiger partial charge < -0.3 is 14.4 Å². The van der Waals surface area contributed by atoms with Gasteiger partial charge in [-0.2, -0.15) is 13.2 Å². The van der Waals surface area contributed by atoms with E-state index >= 15 is 0 Å². The van der Waals surface area contributed by atoms with E-state index in [1.54, 1.807) is 12.1 Å². The number of hydrogen-bond acceptors (Lipinski definition) is 6. The van der Waals surface area contributed by atoms with E-state index in [4.69, 9.17) is 4.74 Å². The number of anilines is 1. The molecule has 8 heteroatoms. The third kappa shape index (κ3) is 3.94. The van der Waals surface area contributed by atoms with Crippen molar-refractivity contribution < 1.29 is 18.3 Å². The molecule has 1 aliphatic heterocycles. The van der Waals surface area contributed by atoms with Crippen molar-refractivity contribution in [2.45, 2.75) is 26.1 Å². The van der Waals surface area contributed by atoms with Gasteiger partial charge in [0.1, 0.15) is 17.7 Å². The highest BCUT2D eigenvalue weighted by Crippen LogP contribution is 2.28. The van der Waals surface area contributed by atoms with Crippen LogP contribution in [0, 0.1) is 0 Å². The van der Waals surface area contributed by atoms with Crippen LogP contribution < -0.4 is 9.64 Å². The number of nitrogens with zero attached hydrogens (tertiary/aromatic N) is 3. The lowest BCUT2D eigenvalue weighted by atomic mass is 10.1. The third-order valence-electron chi connectivity index (χ3n) is 3.59. The molecule has 0 unspecified atom stereocenters. The van der Waals surface area contributed by atoms with Crippen LogP contribution in [0.25, 0.3) is 0 Å². The average molecular weight is 341 g/mol. The van der Waals surface area contributed by atoms with Crippen LogP contribution in [0.4, 0.5) is 13.9 Å². The number of ether oxygens (including phenoxy) is 2. The Labute approximate surface area is 137 Å². The molecule has 1 saturated heterocycles. The molecule has 1 fully saturated rings. The maximum absolute atomic E-state index is 12.2. The van der Waals surface area contributed by atoms with E-state index in [-0.39, 0.29) is 11.9 Å². The summed E-state index contributed by atoms with van der Waals surface area (Å²) in [6.45, 7) is 1.22. The molecule has 0 N–H and O–H groups in total.